The van der Waals surface area contributed by atoms with E-state index in [1.165, 1.54) is 4.90 Å². The molecule has 1 fully saturated rings. The maximum Gasteiger partial charge on any atom is 0.407 e. The summed E-state index contributed by atoms with van der Waals surface area (Å²) in [6.45, 7) is 0.746. The van der Waals surface area contributed by atoms with Crippen molar-refractivity contribution in [2.45, 2.75) is 12.5 Å². The molecule has 8 heteroatoms. The van der Waals surface area contributed by atoms with Crippen LogP contribution < -0.4 is 10.1 Å². The number of methoxy groups -OCH3 is 1. The molecule has 1 aromatic heterocycles. The first-order valence-corrected chi connectivity index (χ1v) is 7.93. The third kappa shape index (κ3) is 3.57. The molecule has 0 spiro atoms. The fourth-order valence-corrected chi connectivity index (χ4v) is 2.95. The number of carbonyl (C=O) groups excluding carboxylic acids is 1. The Morgan fingerprint density at radius 3 is 2.80 bits per heavy atom. The Bertz CT molecular complexity index is 802. The van der Waals surface area contributed by atoms with E-state index >= 15 is 0 Å². The molecule has 1 aliphatic rings. The summed E-state index contributed by atoms with van der Waals surface area (Å²) in [6, 6.07) is 5.06. The van der Waals surface area contributed by atoms with Crippen molar-refractivity contribution < 1.29 is 19.4 Å². The average Bonchev–Trinajstić information content (AvgIpc) is 3.23. The van der Waals surface area contributed by atoms with Crippen molar-refractivity contribution in [2.24, 2.45) is 7.05 Å². The summed E-state index contributed by atoms with van der Waals surface area (Å²) in [4.78, 5) is 24.7. The van der Waals surface area contributed by atoms with Crippen LogP contribution in [0.25, 0.3) is 11.1 Å². The summed E-state index contributed by atoms with van der Waals surface area (Å²) in [5, 5.41) is 16.0. The summed E-state index contributed by atoms with van der Waals surface area (Å²) < 4.78 is 7.11. The van der Waals surface area contributed by atoms with Crippen molar-refractivity contribution in [3.05, 3.63) is 36.2 Å². The first-order valence-electron chi connectivity index (χ1n) is 7.93. The van der Waals surface area contributed by atoms with Crippen LogP contribution in [0.1, 0.15) is 16.8 Å². The molecule has 25 heavy (non-hydrogen) atoms. The molecular weight excluding hydrogens is 324 g/mol. The van der Waals surface area contributed by atoms with Gasteiger partial charge < -0.3 is 20.1 Å². The average molecular weight is 344 g/mol. The molecule has 2 amide bonds. The van der Waals surface area contributed by atoms with Crippen LogP contribution in [0.15, 0.2) is 30.6 Å². The Morgan fingerprint density at radius 2 is 2.20 bits per heavy atom. The van der Waals surface area contributed by atoms with E-state index in [-0.39, 0.29) is 11.9 Å². The Kier molecular flexibility index (Phi) is 4.60. The second-order valence-corrected chi connectivity index (χ2v) is 6.01. The van der Waals surface area contributed by atoms with Gasteiger partial charge in [-0.2, -0.15) is 5.10 Å². The monoisotopic (exact) mass is 344 g/mol. The molecule has 132 valence electrons. The van der Waals surface area contributed by atoms with Crippen molar-refractivity contribution in [3.8, 4) is 16.9 Å². The lowest BCUT2D eigenvalue weighted by Gasteiger charge is -2.15. The van der Waals surface area contributed by atoms with Crippen molar-refractivity contribution in [1.82, 2.24) is 20.0 Å². The number of rotatable bonds is 4. The molecule has 1 saturated heterocycles. The van der Waals surface area contributed by atoms with E-state index in [1.54, 1.807) is 30.1 Å². The molecule has 1 atom stereocenters. The van der Waals surface area contributed by atoms with Crippen LogP contribution in [0, 0.1) is 0 Å². The van der Waals surface area contributed by atoms with E-state index in [4.69, 9.17) is 9.84 Å². The van der Waals surface area contributed by atoms with Crippen molar-refractivity contribution in [1.29, 1.82) is 0 Å². The lowest BCUT2D eigenvalue weighted by molar-refractivity contribution is 0.0935. The van der Waals surface area contributed by atoms with Crippen LogP contribution in [0.2, 0.25) is 0 Å². The van der Waals surface area contributed by atoms with Crippen LogP contribution in [0.3, 0.4) is 0 Å². The number of hydrogen-bond donors (Lipinski definition) is 2. The van der Waals surface area contributed by atoms with E-state index in [2.05, 4.69) is 10.4 Å². The maximum absolute atomic E-state index is 12.4. The first kappa shape index (κ1) is 16.8. The van der Waals surface area contributed by atoms with Crippen molar-refractivity contribution in [2.75, 3.05) is 20.2 Å². The van der Waals surface area contributed by atoms with Gasteiger partial charge in [-0.3, -0.25) is 9.48 Å². The molecule has 1 unspecified atom stereocenters. The number of nitrogens with one attached hydrogen (secondary N) is 1. The lowest BCUT2D eigenvalue weighted by Crippen LogP contribution is -2.38. The minimum Gasteiger partial charge on any atom is -0.496 e. The number of likely N-dealkylation sites (tertiary alicyclic amines) is 1. The van der Waals surface area contributed by atoms with Gasteiger partial charge >= 0.3 is 6.09 Å². The molecule has 0 bridgehead atoms. The fourth-order valence-electron chi connectivity index (χ4n) is 2.95. The number of hydrogen-bond acceptors (Lipinski definition) is 4. The van der Waals surface area contributed by atoms with E-state index in [1.807, 2.05) is 19.3 Å². The minimum atomic E-state index is -0.959. The number of amides is 2. The number of nitrogens with zero attached hydrogens (tertiary/aromatic N) is 3. The predicted molar refractivity (Wildman–Crippen MR) is 90.7 cm³/mol. The van der Waals surface area contributed by atoms with Gasteiger partial charge in [0.1, 0.15) is 5.75 Å². The standard InChI is InChI=1S/C17H20N4O4/c1-20-9-12(8-18-20)14-4-3-11(7-15(14)25-2)16(22)19-13-5-6-21(10-13)17(23)24/h3-4,7-9,13H,5-6,10H2,1-2H3,(H,19,22)(H,23,24). The molecule has 1 aliphatic heterocycles. The van der Waals surface area contributed by atoms with Crippen LogP contribution in [-0.2, 0) is 7.05 Å². The SMILES string of the molecule is COc1cc(C(=O)NC2CCN(C(=O)O)C2)ccc1-c1cnn(C)c1. The lowest BCUT2D eigenvalue weighted by atomic mass is 10.0. The number of ether oxygens (including phenoxy) is 1. The second kappa shape index (κ2) is 6.84. The zero-order chi connectivity index (χ0) is 18.0. The third-order valence-corrected chi connectivity index (χ3v) is 4.27. The number of carbonyl (C=O) groups is 2. The van der Waals surface area contributed by atoms with Gasteiger partial charge in [-0.25, -0.2) is 4.79 Å². The van der Waals surface area contributed by atoms with Gasteiger partial charge in [0.2, 0.25) is 0 Å². The van der Waals surface area contributed by atoms with E-state index in [9.17, 15) is 9.59 Å². The summed E-state index contributed by atoms with van der Waals surface area (Å²) >= 11 is 0. The van der Waals surface area contributed by atoms with Crippen molar-refractivity contribution in [3.63, 3.8) is 0 Å². The summed E-state index contributed by atoms with van der Waals surface area (Å²) in [7, 11) is 3.39. The predicted octanol–water partition coefficient (Wildman–Crippen LogP) is 1.58. The Balaban J connectivity index is 1.74. The van der Waals surface area contributed by atoms with E-state index in [0.717, 1.165) is 11.1 Å². The van der Waals surface area contributed by atoms with Gasteiger partial charge in [0.25, 0.3) is 5.91 Å². The highest BCUT2D eigenvalue weighted by molar-refractivity contribution is 5.95. The Labute approximate surface area is 145 Å². The molecule has 0 radical (unpaired) electrons. The van der Waals surface area contributed by atoms with E-state index in [0.29, 0.717) is 30.8 Å². The quantitative estimate of drug-likeness (QED) is 0.878. The first-order chi connectivity index (χ1) is 12.0. The Morgan fingerprint density at radius 1 is 1.40 bits per heavy atom. The molecule has 1 aromatic carbocycles. The number of aromatic nitrogens is 2. The smallest absolute Gasteiger partial charge is 0.407 e. The molecule has 3 rings (SSSR count). The summed E-state index contributed by atoms with van der Waals surface area (Å²) in [5.74, 6) is 0.340. The normalized spacial score (nSPS) is 16.7. The van der Waals surface area contributed by atoms with Crippen LogP contribution >= 0.6 is 0 Å². The van der Waals surface area contributed by atoms with Crippen molar-refractivity contribution >= 4 is 12.0 Å². The Hall–Kier alpha value is -3.03. The van der Waals surface area contributed by atoms with Gasteiger partial charge in [-0.15, -0.1) is 0 Å². The molecular formula is C17H20N4O4. The molecule has 2 N–H and O–H groups in total. The number of carboxylic acid groups (broad SMARTS) is 1. The van der Waals surface area contributed by atoms with Gasteiger partial charge in [-0.05, 0) is 24.6 Å². The fraction of sp³-hybridized carbons (Fsp3) is 0.353. The highest BCUT2D eigenvalue weighted by Gasteiger charge is 2.27. The molecule has 2 heterocycles. The zero-order valence-corrected chi connectivity index (χ0v) is 14.1. The number of aryl methyl sites for hydroxylation is 1. The topological polar surface area (TPSA) is 96.7 Å². The maximum atomic E-state index is 12.4. The van der Waals surface area contributed by atoms with Gasteiger partial charge in [-0.1, -0.05) is 0 Å². The molecule has 8 nitrogen and oxygen atoms in total. The van der Waals surface area contributed by atoms with Crippen LogP contribution in [0.4, 0.5) is 4.79 Å². The zero-order valence-electron chi connectivity index (χ0n) is 14.1. The largest absolute Gasteiger partial charge is 0.496 e. The minimum absolute atomic E-state index is 0.174. The molecule has 0 aliphatic carbocycles. The third-order valence-electron chi connectivity index (χ3n) is 4.27. The van der Waals surface area contributed by atoms with E-state index < -0.39 is 6.09 Å². The number of benzene rings is 1. The highest BCUT2D eigenvalue weighted by Crippen LogP contribution is 2.30. The summed E-state index contributed by atoms with van der Waals surface area (Å²) in [5.41, 5.74) is 2.22. The van der Waals surface area contributed by atoms with Gasteiger partial charge in [0, 0.05) is 49.1 Å². The second-order valence-electron chi connectivity index (χ2n) is 6.01. The van der Waals surface area contributed by atoms with Crippen LogP contribution in [0.5, 0.6) is 5.75 Å². The van der Waals surface area contributed by atoms with Gasteiger partial charge in [0.05, 0.1) is 13.3 Å². The highest BCUT2D eigenvalue weighted by atomic mass is 16.5. The molecule has 0 saturated carbocycles. The van der Waals surface area contributed by atoms with Gasteiger partial charge in [0.15, 0.2) is 0 Å². The van der Waals surface area contributed by atoms with Crippen LogP contribution in [-0.4, -0.2) is 58.0 Å². The summed E-state index contributed by atoms with van der Waals surface area (Å²) in [6.07, 6.45) is 3.26. The molecule has 2 aromatic rings.